The van der Waals surface area contributed by atoms with Gasteiger partial charge in [0.15, 0.2) is 5.78 Å². The molecule has 162 valence electrons. The number of phenols is 2. The number of esters is 2. The summed E-state index contributed by atoms with van der Waals surface area (Å²) >= 11 is 0. The van der Waals surface area contributed by atoms with Crippen LogP contribution in [-0.4, -0.2) is 33.7 Å². The van der Waals surface area contributed by atoms with Crippen molar-refractivity contribution in [1.82, 2.24) is 0 Å². The highest BCUT2D eigenvalue weighted by atomic mass is 16.5. The maximum Gasteiger partial charge on any atom is 0.308 e. The number of carbonyl (C=O) groups is 4. The van der Waals surface area contributed by atoms with Crippen molar-refractivity contribution in [2.45, 2.75) is 26.9 Å². The SMILES string of the molecule is CC(=O)Oc1cccc2c1C(=O)c1c(c(O)c3cc(C(C)OC(C)=O)ccc3c1O)C2=O. The molecular formula is C24H18O8. The Morgan fingerprint density at radius 3 is 2.16 bits per heavy atom. The Kier molecular flexibility index (Phi) is 4.93. The summed E-state index contributed by atoms with van der Waals surface area (Å²) in [7, 11) is 0. The number of rotatable bonds is 3. The molecule has 4 rings (SSSR count). The van der Waals surface area contributed by atoms with Crippen LogP contribution in [0.4, 0.5) is 0 Å². The molecule has 1 atom stereocenters. The largest absolute Gasteiger partial charge is 0.506 e. The van der Waals surface area contributed by atoms with Gasteiger partial charge in [0, 0.05) is 30.2 Å². The third-order valence-electron chi connectivity index (χ3n) is 5.30. The highest BCUT2D eigenvalue weighted by Crippen LogP contribution is 2.46. The van der Waals surface area contributed by atoms with Gasteiger partial charge in [-0.25, -0.2) is 0 Å². The van der Waals surface area contributed by atoms with E-state index in [1.807, 2.05) is 0 Å². The van der Waals surface area contributed by atoms with E-state index in [0.717, 1.165) is 6.92 Å². The van der Waals surface area contributed by atoms with Crippen molar-refractivity contribution in [1.29, 1.82) is 0 Å². The van der Waals surface area contributed by atoms with Gasteiger partial charge in [0.05, 0.1) is 16.7 Å². The number of phenolic OH excluding ortho intramolecular Hbond substituents is 2. The average Bonchev–Trinajstić information content (AvgIpc) is 2.73. The van der Waals surface area contributed by atoms with Crippen molar-refractivity contribution in [3.63, 3.8) is 0 Å². The molecule has 0 amide bonds. The van der Waals surface area contributed by atoms with Crippen molar-refractivity contribution in [2.24, 2.45) is 0 Å². The first-order chi connectivity index (χ1) is 15.1. The minimum atomic E-state index is -0.751. The lowest BCUT2D eigenvalue weighted by molar-refractivity contribution is -0.145. The molecule has 32 heavy (non-hydrogen) atoms. The second kappa shape index (κ2) is 7.49. The van der Waals surface area contributed by atoms with Gasteiger partial charge in [-0.2, -0.15) is 0 Å². The van der Waals surface area contributed by atoms with Crippen LogP contribution in [0.5, 0.6) is 17.2 Å². The molecule has 0 aliphatic heterocycles. The van der Waals surface area contributed by atoms with E-state index in [0.29, 0.717) is 5.56 Å². The van der Waals surface area contributed by atoms with Crippen LogP contribution in [0, 0.1) is 0 Å². The molecule has 3 aromatic carbocycles. The molecule has 2 N–H and O–H groups in total. The molecule has 0 spiro atoms. The second-order valence-corrected chi connectivity index (χ2v) is 7.43. The van der Waals surface area contributed by atoms with E-state index >= 15 is 0 Å². The minimum Gasteiger partial charge on any atom is -0.506 e. The van der Waals surface area contributed by atoms with E-state index in [4.69, 9.17) is 9.47 Å². The number of aromatic hydroxyl groups is 2. The van der Waals surface area contributed by atoms with Gasteiger partial charge in [0.1, 0.15) is 23.4 Å². The third kappa shape index (κ3) is 3.17. The minimum absolute atomic E-state index is 0.0558. The molecule has 8 heteroatoms. The van der Waals surface area contributed by atoms with Crippen LogP contribution in [0.2, 0.25) is 0 Å². The van der Waals surface area contributed by atoms with Gasteiger partial charge in [-0.05, 0) is 24.6 Å². The lowest BCUT2D eigenvalue weighted by atomic mass is 9.80. The lowest BCUT2D eigenvalue weighted by Gasteiger charge is -2.23. The predicted octanol–water partition coefficient (Wildman–Crippen LogP) is 3.58. The normalized spacial score (nSPS) is 13.3. The standard InChI is InChI=1S/C24H18O8/c1-10(31-11(2)25)13-7-8-14-16(9-13)23(29)19-20(21(14)27)24(30)18-15(22(19)28)5-4-6-17(18)32-12(3)26/h4-10,27,29H,1-3H3. The molecule has 1 aliphatic rings. The summed E-state index contributed by atoms with van der Waals surface area (Å²) in [6.45, 7) is 4.07. The molecule has 3 aromatic rings. The van der Waals surface area contributed by atoms with E-state index in [9.17, 15) is 29.4 Å². The van der Waals surface area contributed by atoms with E-state index < -0.39 is 41.1 Å². The highest BCUT2D eigenvalue weighted by molar-refractivity contribution is 6.33. The van der Waals surface area contributed by atoms with E-state index in [2.05, 4.69) is 0 Å². The van der Waals surface area contributed by atoms with E-state index in [1.165, 1.54) is 37.3 Å². The van der Waals surface area contributed by atoms with Gasteiger partial charge in [-0.1, -0.05) is 24.3 Å². The first kappa shape index (κ1) is 21.0. The van der Waals surface area contributed by atoms with Crippen LogP contribution in [0.3, 0.4) is 0 Å². The Labute approximate surface area is 182 Å². The zero-order valence-corrected chi connectivity index (χ0v) is 17.4. The molecule has 0 heterocycles. The topological polar surface area (TPSA) is 127 Å². The Morgan fingerprint density at radius 1 is 0.844 bits per heavy atom. The fraction of sp³-hybridized carbons (Fsp3) is 0.167. The lowest BCUT2D eigenvalue weighted by Crippen LogP contribution is -2.23. The Morgan fingerprint density at radius 2 is 1.50 bits per heavy atom. The maximum absolute atomic E-state index is 13.3. The zero-order valence-electron chi connectivity index (χ0n) is 17.4. The van der Waals surface area contributed by atoms with Crippen molar-refractivity contribution in [3.05, 3.63) is 64.2 Å². The van der Waals surface area contributed by atoms with Gasteiger partial charge >= 0.3 is 11.9 Å². The van der Waals surface area contributed by atoms with E-state index in [1.54, 1.807) is 13.0 Å². The summed E-state index contributed by atoms with van der Waals surface area (Å²) in [6, 6.07) is 8.73. The molecule has 0 bridgehead atoms. The van der Waals surface area contributed by atoms with Crippen LogP contribution < -0.4 is 4.74 Å². The quantitative estimate of drug-likeness (QED) is 0.285. The third-order valence-corrected chi connectivity index (χ3v) is 5.30. The van der Waals surface area contributed by atoms with Gasteiger partial charge < -0.3 is 19.7 Å². The molecular weight excluding hydrogens is 416 g/mol. The average molecular weight is 434 g/mol. The molecule has 1 unspecified atom stereocenters. The van der Waals surface area contributed by atoms with Crippen LogP contribution in [0.25, 0.3) is 10.8 Å². The maximum atomic E-state index is 13.3. The van der Waals surface area contributed by atoms with Crippen molar-refractivity contribution in [3.8, 4) is 17.2 Å². The van der Waals surface area contributed by atoms with Crippen LogP contribution in [0.15, 0.2) is 36.4 Å². The zero-order chi connectivity index (χ0) is 23.3. The Bertz CT molecular complexity index is 1350. The number of benzene rings is 3. The second-order valence-electron chi connectivity index (χ2n) is 7.43. The predicted molar refractivity (Wildman–Crippen MR) is 112 cm³/mol. The van der Waals surface area contributed by atoms with Crippen LogP contribution in [-0.2, 0) is 14.3 Å². The molecule has 1 aliphatic carbocycles. The summed E-state index contributed by atoms with van der Waals surface area (Å²) in [5.74, 6) is -3.69. The smallest absolute Gasteiger partial charge is 0.308 e. The van der Waals surface area contributed by atoms with Crippen LogP contribution >= 0.6 is 0 Å². The van der Waals surface area contributed by atoms with E-state index in [-0.39, 0.29) is 38.8 Å². The molecule has 0 saturated carbocycles. The van der Waals surface area contributed by atoms with Gasteiger partial charge in [0.2, 0.25) is 5.78 Å². The number of carbonyl (C=O) groups excluding carboxylic acids is 4. The molecule has 0 radical (unpaired) electrons. The summed E-state index contributed by atoms with van der Waals surface area (Å²) < 4.78 is 10.2. The van der Waals surface area contributed by atoms with Gasteiger partial charge in [-0.3, -0.25) is 19.2 Å². The summed E-state index contributed by atoms with van der Waals surface area (Å²) in [4.78, 5) is 49.2. The Balaban J connectivity index is 1.97. The van der Waals surface area contributed by atoms with Crippen molar-refractivity contribution in [2.75, 3.05) is 0 Å². The Hall–Kier alpha value is -4.20. The highest BCUT2D eigenvalue weighted by Gasteiger charge is 2.38. The molecule has 0 aromatic heterocycles. The summed E-state index contributed by atoms with van der Waals surface area (Å²) in [5.41, 5.74) is -0.402. The number of fused-ring (bicyclic) bond motifs is 3. The van der Waals surface area contributed by atoms with Crippen molar-refractivity contribution >= 4 is 34.3 Å². The summed E-state index contributed by atoms with van der Waals surface area (Å²) in [5, 5.41) is 22.1. The molecule has 0 saturated heterocycles. The van der Waals surface area contributed by atoms with Crippen molar-refractivity contribution < 1.29 is 38.9 Å². The molecule has 8 nitrogen and oxygen atoms in total. The van der Waals surface area contributed by atoms with Gasteiger partial charge in [-0.15, -0.1) is 0 Å². The number of ether oxygens (including phenoxy) is 2. The first-order valence-electron chi connectivity index (χ1n) is 9.71. The number of ketones is 2. The fourth-order valence-corrected chi connectivity index (χ4v) is 3.94. The monoisotopic (exact) mass is 434 g/mol. The van der Waals surface area contributed by atoms with Gasteiger partial charge in [0.25, 0.3) is 0 Å². The fourth-order valence-electron chi connectivity index (χ4n) is 3.94. The first-order valence-corrected chi connectivity index (χ1v) is 9.71. The molecule has 0 fully saturated rings. The summed E-state index contributed by atoms with van der Waals surface area (Å²) in [6.07, 6.45) is -0.640. The number of hydrogen-bond donors (Lipinski definition) is 2. The van der Waals surface area contributed by atoms with Crippen LogP contribution in [0.1, 0.15) is 64.3 Å². The number of hydrogen-bond acceptors (Lipinski definition) is 8.